The summed E-state index contributed by atoms with van der Waals surface area (Å²) in [6.45, 7) is 8.19. The topological polar surface area (TPSA) is 85.1 Å². The molecule has 1 aromatic carbocycles. The molecular formula is C17H24N2O4. The number of aromatic carboxylic acids is 1. The Balaban J connectivity index is 0.000000198. The second-order valence-electron chi connectivity index (χ2n) is 5.93. The third-order valence-corrected chi connectivity index (χ3v) is 4.35. The van der Waals surface area contributed by atoms with Crippen molar-refractivity contribution in [2.45, 2.75) is 12.8 Å². The molecule has 0 saturated carbocycles. The Hall–Kier alpha value is -1.76. The number of benzene rings is 1. The maximum Gasteiger partial charge on any atom is 0.163 e. The van der Waals surface area contributed by atoms with Crippen LogP contribution in [0.1, 0.15) is 33.6 Å². The molecule has 0 atom stereocenters. The molecule has 3 saturated heterocycles. The summed E-state index contributed by atoms with van der Waals surface area (Å²) in [5.41, 5.74) is 0.0476. The number of ketones is 1. The number of carboxylic acids is 1. The van der Waals surface area contributed by atoms with Crippen molar-refractivity contribution in [2.75, 3.05) is 45.9 Å². The summed E-state index contributed by atoms with van der Waals surface area (Å²) >= 11 is 0. The van der Waals surface area contributed by atoms with Crippen molar-refractivity contribution in [2.24, 2.45) is 0 Å². The molecule has 1 aromatic rings. The van der Waals surface area contributed by atoms with Crippen LogP contribution in [-0.4, -0.2) is 67.6 Å². The van der Waals surface area contributed by atoms with Crippen molar-refractivity contribution >= 4 is 11.8 Å². The summed E-state index contributed by atoms with van der Waals surface area (Å²) in [5, 5.41) is 19.2. The number of carboxylic acid groups (broad SMARTS) is 1. The molecule has 3 aliphatic heterocycles. The van der Waals surface area contributed by atoms with E-state index in [-0.39, 0.29) is 29.9 Å². The van der Waals surface area contributed by atoms with E-state index in [1.807, 2.05) is 4.90 Å². The zero-order chi connectivity index (χ0) is 16.7. The first-order chi connectivity index (χ1) is 11.1. The van der Waals surface area contributed by atoms with Gasteiger partial charge in [-0.3, -0.25) is 9.69 Å². The van der Waals surface area contributed by atoms with Gasteiger partial charge in [-0.1, -0.05) is 24.3 Å². The van der Waals surface area contributed by atoms with Crippen molar-refractivity contribution in [1.82, 2.24) is 4.90 Å². The predicted octanol–water partition coefficient (Wildman–Crippen LogP) is -1.79. The van der Waals surface area contributed by atoms with Crippen LogP contribution in [0.4, 0.5) is 0 Å². The fraction of sp³-hybridized carbons (Fsp3) is 0.529. The second-order valence-corrected chi connectivity index (χ2v) is 5.93. The molecule has 0 amide bonds. The number of fused-ring (bicyclic) bond motifs is 3. The van der Waals surface area contributed by atoms with Crippen LogP contribution in [0, 0.1) is 0 Å². The molecule has 2 bridgehead atoms. The number of nitrogens with one attached hydrogen (secondary N) is 1. The molecule has 6 nitrogen and oxygen atoms in total. The van der Waals surface area contributed by atoms with Crippen molar-refractivity contribution in [3.05, 3.63) is 35.4 Å². The first-order valence-electron chi connectivity index (χ1n) is 8.12. The molecule has 23 heavy (non-hydrogen) atoms. The SMILES string of the molecule is C1C[NH+]2CCN1CC2.O=C([O-])c1ccccc1C(=O)CCCO. The van der Waals surface area contributed by atoms with E-state index < -0.39 is 5.97 Å². The lowest BCUT2D eigenvalue weighted by Gasteiger charge is -2.38. The summed E-state index contributed by atoms with van der Waals surface area (Å²) in [6.07, 6.45) is 0.473. The number of carbonyl (C=O) groups excluding carboxylic acids is 2. The van der Waals surface area contributed by atoms with Crippen LogP contribution in [0.15, 0.2) is 24.3 Å². The van der Waals surface area contributed by atoms with E-state index in [0.717, 1.165) is 0 Å². The molecule has 6 heteroatoms. The van der Waals surface area contributed by atoms with Gasteiger partial charge in [0, 0.05) is 43.8 Å². The molecule has 3 aliphatic rings. The van der Waals surface area contributed by atoms with Crippen LogP contribution in [0.3, 0.4) is 0 Å². The summed E-state index contributed by atoms with van der Waals surface area (Å²) in [4.78, 5) is 26.6. The molecule has 0 radical (unpaired) electrons. The van der Waals surface area contributed by atoms with Gasteiger partial charge in [0.1, 0.15) is 0 Å². The Morgan fingerprint density at radius 2 is 1.65 bits per heavy atom. The lowest BCUT2D eigenvalue weighted by molar-refractivity contribution is -0.914. The number of nitrogens with zero attached hydrogens (tertiary/aromatic N) is 1. The van der Waals surface area contributed by atoms with Gasteiger partial charge < -0.3 is 19.9 Å². The number of carbonyl (C=O) groups is 2. The number of hydrogen-bond donors (Lipinski definition) is 2. The van der Waals surface area contributed by atoms with Crippen molar-refractivity contribution in [1.29, 1.82) is 0 Å². The van der Waals surface area contributed by atoms with Gasteiger partial charge in [-0.15, -0.1) is 0 Å². The van der Waals surface area contributed by atoms with E-state index in [1.54, 1.807) is 6.07 Å². The number of quaternary nitrogens is 1. The maximum atomic E-state index is 11.5. The number of aliphatic hydroxyl groups excluding tert-OH is 1. The van der Waals surface area contributed by atoms with Gasteiger partial charge >= 0.3 is 0 Å². The summed E-state index contributed by atoms with van der Waals surface area (Å²) < 4.78 is 0. The highest BCUT2D eigenvalue weighted by atomic mass is 16.4. The molecule has 3 fully saturated rings. The fourth-order valence-electron chi connectivity index (χ4n) is 2.94. The smallest absolute Gasteiger partial charge is 0.163 e. The van der Waals surface area contributed by atoms with Gasteiger partial charge in [-0.25, -0.2) is 0 Å². The highest BCUT2D eigenvalue weighted by Gasteiger charge is 2.25. The maximum absolute atomic E-state index is 11.5. The molecule has 0 aromatic heterocycles. The van der Waals surface area contributed by atoms with Gasteiger partial charge in [-0.05, 0) is 6.42 Å². The number of Topliss-reactive ketones (excluding diaryl/α,β-unsaturated/α-hetero) is 1. The molecule has 3 heterocycles. The number of piperazine rings is 3. The van der Waals surface area contributed by atoms with Gasteiger partial charge in [-0.2, -0.15) is 0 Å². The Labute approximate surface area is 136 Å². The van der Waals surface area contributed by atoms with Crippen LogP contribution in [0.5, 0.6) is 0 Å². The zero-order valence-corrected chi connectivity index (χ0v) is 13.3. The Morgan fingerprint density at radius 3 is 2.04 bits per heavy atom. The summed E-state index contributed by atoms with van der Waals surface area (Å²) in [5.74, 6) is -1.65. The zero-order valence-electron chi connectivity index (χ0n) is 13.3. The summed E-state index contributed by atoms with van der Waals surface area (Å²) in [6, 6.07) is 5.92. The standard InChI is InChI=1S/C11H12O4.C6H12N2/c12-7-3-6-10(13)8-4-1-2-5-9(8)11(14)15;1-2-8-5-3-7(1)4-6-8/h1-2,4-5,12H,3,6-7H2,(H,14,15);1-6H2. The number of hydrogen-bond acceptors (Lipinski definition) is 5. The molecule has 2 N–H and O–H groups in total. The van der Waals surface area contributed by atoms with E-state index in [9.17, 15) is 14.7 Å². The first-order valence-corrected chi connectivity index (χ1v) is 8.12. The van der Waals surface area contributed by atoms with E-state index in [1.165, 1.54) is 57.5 Å². The van der Waals surface area contributed by atoms with Gasteiger partial charge in [0.05, 0.1) is 25.6 Å². The van der Waals surface area contributed by atoms with E-state index in [4.69, 9.17) is 5.11 Å². The van der Waals surface area contributed by atoms with Crippen molar-refractivity contribution in [3.8, 4) is 0 Å². The molecule has 0 unspecified atom stereocenters. The average molecular weight is 320 g/mol. The lowest BCUT2D eigenvalue weighted by atomic mass is 10.0. The largest absolute Gasteiger partial charge is 0.545 e. The molecular weight excluding hydrogens is 296 g/mol. The minimum absolute atomic E-state index is 0.0841. The molecule has 0 aliphatic carbocycles. The van der Waals surface area contributed by atoms with Crippen LogP contribution in [0.2, 0.25) is 0 Å². The van der Waals surface area contributed by atoms with Crippen molar-refractivity contribution < 1.29 is 24.7 Å². The highest BCUT2D eigenvalue weighted by molar-refractivity contribution is 6.05. The van der Waals surface area contributed by atoms with E-state index in [0.29, 0.717) is 6.42 Å². The van der Waals surface area contributed by atoms with Crippen LogP contribution in [0.25, 0.3) is 0 Å². The molecule has 126 valence electrons. The Morgan fingerprint density at radius 1 is 1.09 bits per heavy atom. The molecule has 4 rings (SSSR count). The first kappa shape index (κ1) is 17.6. The van der Waals surface area contributed by atoms with Crippen molar-refractivity contribution in [3.63, 3.8) is 0 Å². The second kappa shape index (κ2) is 8.76. The number of aliphatic hydroxyl groups is 1. The Kier molecular flexibility index (Phi) is 6.70. The number of rotatable bonds is 5. The fourth-order valence-corrected chi connectivity index (χ4v) is 2.94. The Bertz CT molecular complexity index is 516. The van der Waals surface area contributed by atoms with E-state index in [2.05, 4.69) is 4.90 Å². The van der Waals surface area contributed by atoms with Gasteiger partial charge in [0.15, 0.2) is 5.78 Å². The van der Waals surface area contributed by atoms with Crippen LogP contribution >= 0.6 is 0 Å². The van der Waals surface area contributed by atoms with E-state index >= 15 is 0 Å². The van der Waals surface area contributed by atoms with Gasteiger partial charge in [0.2, 0.25) is 0 Å². The summed E-state index contributed by atoms with van der Waals surface area (Å²) in [7, 11) is 0. The van der Waals surface area contributed by atoms with Crippen LogP contribution in [-0.2, 0) is 0 Å². The highest BCUT2D eigenvalue weighted by Crippen LogP contribution is 2.11. The minimum atomic E-state index is -1.36. The molecule has 0 spiro atoms. The third kappa shape index (κ3) is 5.13. The predicted molar refractivity (Wildman–Crippen MR) is 83.4 cm³/mol. The minimum Gasteiger partial charge on any atom is -0.545 e. The normalized spacial score (nSPS) is 22.1. The monoisotopic (exact) mass is 320 g/mol. The van der Waals surface area contributed by atoms with Crippen LogP contribution < -0.4 is 10.0 Å². The lowest BCUT2D eigenvalue weighted by Crippen LogP contribution is -3.17. The third-order valence-electron chi connectivity index (χ3n) is 4.35. The quantitative estimate of drug-likeness (QED) is 0.626. The average Bonchev–Trinajstić information content (AvgIpc) is 2.62. The van der Waals surface area contributed by atoms with Gasteiger partial charge in [0.25, 0.3) is 0 Å².